The van der Waals surface area contributed by atoms with Crippen LogP contribution in [0.15, 0.2) is 35.4 Å². The van der Waals surface area contributed by atoms with Crippen LogP contribution in [0.1, 0.15) is 34.9 Å². The van der Waals surface area contributed by atoms with E-state index in [0.717, 1.165) is 31.5 Å². The Morgan fingerprint density at radius 3 is 3.05 bits per heavy atom. The maximum Gasteiger partial charge on any atom is 0.272 e. The molecule has 0 aliphatic carbocycles. The van der Waals surface area contributed by atoms with Crippen molar-refractivity contribution >= 4 is 5.91 Å². The number of aromatic amines is 1. The Balaban J connectivity index is 1.59. The monoisotopic (exact) mass is 301 g/mol. The summed E-state index contributed by atoms with van der Waals surface area (Å²) in [5.41, 5.74) is 1.09. The van der Waals surface area contributed by atoms with Crippen molar-refractivity contribution in [3.05, 3.63) is 52.2 Å². The summed E-state index contributed by atoms with van der Waals surface area (Å²) in [6, 6.07) is 5.17. The van der Waals surface area contributed by atoms with Crippen LogP contribution >= 0.6 is 0 Å². The molecule has 0 radical (unpaired) electrons. The molecule has 2 aromatic rings. The number of H-pyrrole nitrogens is 1. The number of nitrogens with one attached hydrogen (secondary N) is 3. The van der Waals surface area contributed by atoms with Crippen LogP contribution in [0.4, 0.5) is 0 Å². The lowest BCUT2D eigenvalue weighted by atomic mass is 10.1. The molecule has 1 aliphatic rings. The van der Waals surface area contributed by atoms with Gasteiger partial charge in [-0.05, 0) is 31.0 Å². The first-order valence-corrected chi connectivity index (χ1v) is 7.44. The number of piperidine rings is 1. The van der Waals surface area contributed by atoms with E-state index in [1.807, 2.05) is 10.9 Å². The summed E-state index contributed by atoms with van der Waals surface area (Å²) < 4.78 is 1.86. The van der Waals surface area contributed by atoms with Gasteiger partial charge in [-0.3, -0.25) is 14.3 Å². The second kappa shape index (κ2) is 6.57. The Kier molecular flexibility index (Phi) is 4.34. The highest BCUT2D eigenvalue weighted by atomic mass is 16.2. The van der Waals surface area contributed by atoms with E-state index in [4.69, 9.17) is 0 Å². The van der Waals surface area contributed by atoms with Gasteiger partial charge in [-0.15, -0.1) is 0 Å². The molecule has 7 heteroatoms. The zero-order valence-corrected chi connectivity index (χ0v) is 12.2. The maximum absolute atomic E-state index is 12.1. The Labute approximate surface area is 127 Å². The topological polar surface area (TPSA) is 91.8 Å². The van der Waals surface area contributed by atoms with Gasteiger partial charge in [0, 0.05) is 31.5 Å². The SMILES string of the molecule is O=C(NCc1ccc(=O)[nH]c1)c1ccn([C@@H]2CCCNC2)n1. The van der Waals surface area contributed by atoms with E-state index >= 15 is 0 Å². The molecule has 1 amide bonds. The zero-order chi connectivity index (χ0) is 15.4. The van der Waals surface area contributed by atoms with Crippen LogP contribution in [0.2, 0.25) is 0 Å². The van der Waals surface area contributed by atoms with Gasteiger partial charge in [-0.2, -0.15) is 5.10 Å². The number of carbonyl (C=O) groups is 1. The predicted octanol–water partition coefficient (Wildman–Crippen LogP) is 0.426. The smallest absolute Gasteiger partial charge is 0.272 e. The molecule has 1 fully saturated rings. The first-order valence-electron chi connectivity index (χ1n) is 7.44. The summed E-state index contributed by atoms with van der Waals surface area (Å²) in [6.45, 7) is 2.29. The highest BCUT2D eigenvalue weighted by Crippen LogP contribution is 2.15. The Morgan fingerprint density at radius 2 is 2.32 bits per heavy atom. The quantitative estimate of drug-likeness (QED) is 0.763. The Bertz CT molecular complexity index is 679. The number of rotatable bonds is 4. The molecule has 0 aromatic carbocycles. The van der Waals surface area contributed by atoms with Crippen molar-refractivity contribution < 1.29 is 4.79 Å². The van der Waals surface area contributed by atoms with Gasteiger partial charge < -0.3 is 15.6 Å². The molecule has 0 bridgehead atoms. The second-order valence-corrected chi connectivity index (χ2v) is 5.43. The number of pyridine rings is 1. The fraction of sp³-hybridized carbons (Fsp3) is 0.400. The van der Waals surface area contributed by atoms with E-state index in [1.165, 1.54) is 6.07 Å². The molecule has 0 unspecified atom stereocenters. The van der Waals surface area contributed by atoms with Crippen molar-refractivity contribution in [2.75, 3.05) is 13.1 Å². The van der Waals surface area contributed by atoms with Crippen molar-refractivity contribution in [1.29, 1.82) is 0 Å². The van der Waals surface area contributed by atoms with Gasteiger partial charge in [-0.1, -0.05) is 6.07 Å². The Hall–Kier alpha value is -2.41. The molecular formula is C15H19N5O2. The molecular weight excluding hydrogens is 282 g/mol. The van der Waals surface area contributed by atoms with Gasteiger partial charge in [0.25, 0.3) is 5.91 Å². The van der Waals surface area contributed by atoms with Crippen molar-refractivity contribution in [2.45, 2.75) is 25.4 Å². The van der Waals surface area contributed by atoms with Crippen molar-refractivity contribution in [2.24, 2.45) is 0 Å². The van der Waals surface area contributed by atoms with Crippen molar-refractivity contribution in [3.63, 3.8) is 0 Å². The summed E-state index contributed by atoms with van der Waals surface area (Å²) in [7, 11) is 0. The summed E-state index contributed by atoms with van der Waals surface area (Å²) in [5.74, 6) is -0.214. The summed E-state index contributed by atoms with van der Waals surface area (Å²) in [4.78, 5) is 25.7. The minimum Gasteiger partial charge on any atom is -0.347 e. The van der Waals surface area contributed by atoms with Gasteiger partial charge in [0.2, 0.25) is 5.56 Å². The third-order valence-electron chi connectivity index (χ3n) is 3.79. The fourth-order valence-corrected chi connectivity index (χ4v) is 2.55. The van der Waals surface area contributed by atoms with Crippen molar-refractivity contribution in [3.8, 4) is 0 Å². The lowest BCUT2D eigenvalue weighted by Gasteiger charge is -2.22. The van der Waals surface area contributed by atoms with Crippen LogP contribution in [0, 0.1) is 0 Å². The normalized spacial score (nSPS) is 18.1. The molecule has 0 saturated carbocycles. The third-order valence-corrected chi connectivity index (χ3v) is 3.79. The number of hydrogen-bond acceptors (Lipinski definition) is 4. The second-order valence-electron chi connectivity index (χ2n) is 5.43. The highest BCUT2D eigenvalue weighted by Gasteiger charge is 2.17. The molecule has 3 rings (SSSR count). The largest absolute Gasteiger partial charge is 0.347 e. The lowest BCUT2D eigenvalue weighted by Crippen LogP contribution is -2.32. The number of amides is 1. The van der Waals surface area contributed by atoms with E-state index < -0.39 is 0 Å². The lowest BCUT2D eigenvalue weighted by molar-refractivity contribution is 0.0944. The summed E-state index contributed by atoms with van der Waals surface area (Å²) in [6.07, 6.45) is 5.65. The fourth-order valence-electron chi connectivity index (χ4n) is 2.55. The molecule has 22 heavy (non-hydrogen) atoms. The minimum atomic E-state index is -0.214. The highest BCUT2D eigenvalue weighted by molar-refractivity contribution is 5.92. The third kappa shape index (κ3) is 3.43. The molecule has 1 saturated heterocycles. The van der Waals surface area contributed by atoms with Crippen LogP contribution in [0.5, 0.6) is 0 Å². The van der Waals surface area contributed by atoms with E-state index in [9.17, 15) is 9.59 Å². The van der Waals surface area contributed by atoms with Gasteiger partial charge in [-0.25, -0.2) is 0 Å². The molecule has 3 heterocycles. The van der Waals surface area contributed by atoms with Crippen LogP contribution < -0.4 is 16.2 Å². The maximum atomic E-state index is 12.1. The molecule has 1 atom stereocenters. The van der Waals surface area contributed by atoms with Gasteiger partial charge in [0.05, 0.1) is 6.04 Å². The average Bonchev–Trinajstić information content (AvgIpc) is 3.05. The minimum absolute atomic E-state index is 0.157. The first kappa shape index (κ1) is 14.5. The number of hydrogen-bond donors (Lipinski definition) is 3. The van der Waals surface area contributed by atoms with E-state index in [-0.39, 0.29) is 11.5 Å². The molecule has 116 valence electrons. The molecule has 0 spiro atoms. The number of nitrogens with zero attached hydrogens (tertiary/aromatic N) is 2. The predicted molar refractivity (Wildman–Crippen MR) is 81.6 cm³/mol. The molecule has 1 aliphatic heterocycles. The van der Waals surface area contributed by atoms with E-state index in [2.05, 4.69) is 20.7 Å². The van der Waals surface area contributed by atoms with Crippen LogP contribution in [-0.4, -0.2) is 33.8 Å². The van der Waals surface area contributed by atoms with Gasteiger partial charge in [0.1, 0.15) is 5.69 Å². The van der Waals surface area contributed by atoms with Crippen LogP contribution in [0.3, 0.4) is 0 Å². The molecule has 7 nitrogen and oxygen atoms in total. The van der Waals surface area contributed by atoms with Crippen molar-refractivity contribution in [1.82, 2.24) is 25.4 Å². The average molecular weight is 301 g/mol. The van der Waals surface area contributed by atoms with Crippen LogP contribution in [-0.2, 0) is 6.54 Å². The number of carbonyl (C=O) groups excluding carboxylic acids is 1. The summed E-state index contributed by atoms with van der Waals surface area (Å²) in [5, 5.41) is 10.5. The number of aromatic nitrogens is 3. The van der Waals surface area contributed by atoms with Gasteiger partial charge in [0.15, 0.2) is 0 Å². The zero-order valence-electron chi connectivity index (χ0n) is 12.2. The van der Waals surface area contributed by atoms with E-state index in [1.54, 1.807) is 18.3 Å². The summed E-state index contributed by atoms with van der Waals surface area (Å²) >= 11 is 0. The van der Waals surface area contributed by atoms with Gasteiger partial charge >= 0.3 is 0 Å². The van der Waals surface area contributed by atoms with E-state index in [0.29, 0.717) is 18.3 Å². The van der Waals surface area contributed by atoms with Crippen LogP contribution in [0.25, 0.3) is 0 Å². The standard InChI is InChI=1S/C15H19N5O2/c21-14-4-3-11(8-17-14)9-18-15(22)13-5-7-20(19-13)12-2-1-6-16-10-12/h3-5,7-8,12,16H,1-2,6,9-10H2,(H,17,21)(H,18,22)/t12-/m1/s1. The molecule has 2 aromatic heterocycles. The Morgan fingerprint density at radius 1 is 1.41 bits per heavy atom. The first-order chi connectivity index (χ1) is 10.7. The molecule has 3 N–H and O–H groups in total.